The summed E-state index contributed by atoms with van der Waals surface area (Å²) in [6.45, 7) is 2.04. The summed E-state index contributed by atoms with van der Waals surface area (Å²) in [6.07, 6.45) is 0. The lowest BCUT2D eigenvalue weighted by Crippen LogP contribution is -2.40. The normalized spacial score (nSPS) is 10.3. The molecule has 0 aliphatic rings. The number of aromatic nitrogens is 1. The summed E-state index contributed by atoms with van der Waals surface area (Å²) >= 11 is 0. The minimum atomic E-state index is 1.06. The van der Waals surface area contributed by atoms with Crippen molar-refractivity contribution in [2.45, 2.75) is 6.92 Å². The lowest BCUT2D eigenvalue weighted by molar-refractivity contribution is -0.253. The van der Waals surface area contributed by atoms with Crippen molar-refractivity contribution < 1.29 is 5.73 Å². The van der Waals surface area contributed by atoms with E-state index in [1.54, 1.807) is 0 Å². The number of nitrogens with one attached hydrogen (secondary N) is 1. The minimum Gasteiger partial charge on any atom is -0.354 e. The van der Waals surface area contributed by atoms with Crippen molar-refractivity contribution >= 4 is 5.69 Å². The average molecular weight is 173 g/mol. The molecule has 0 bridgehead atoms. The maximum absolute atomic E-state index is 3.99. The van der Waals surface area contributed by atoms with Crippen molar-refractivity contribution in [3.8, 4) is 11.3 Å². The van der Waals surface area contributed by atoms with E-state index in [1.807, 2.05) is 25.1 Å². The first kappa shape index (κ1) is 8.08. The van der Waals surface area contributed by atoms with Crippen molar-refractivity contribution in [3.63, 3.8) is 0 Å². The van der Waals surface area contributed by atoms with Gasteiger partial charge in [-0.3, -0.25) is 0 Å². The summed E-state index contributed by atoms with van der Waals surface area (Å²) in [5.41, 5.74) is 8.52. The van der Waals surface area contributed by atoms with Gasteiger partial charge in [-0.15, -0.1) is 0 Å². The fraction of sp³-hybridized carbons (Fsp3) is 0.0909. The Balaban J connectivity index is 2.53. The van der Waals surface area contributed by atoms with E-state index in [4.69, 9.17) is 0 Å². The number of rotatable bonds is 1. The number of benzene rings is 1. The average Bonchev–Trinajstić information content (AvgIpc) is 2.47. The monoisotopic (exact) mass is 173 g/mol. The predicted molar refractivity (Wildman–Crippen MR) is 53.5 cm³/mol. The molecule has 4 N–H and O–H groups in total. The Morgan fingerprint density at radius 3 is 2.38 bits per heavy atom. The molecule has 2 nitrogen and oxygen atoms in total. The third-order valence-corrected chi connectivity index (χ3v) is 2.10. The van der Waals surface area contributed by atoms with Crippen LogP contribution in [-0.4, -0.2) is 4.98 Å². The molecule has 66 valence electrons. The Morgan fingerprint density at radius 1 is 1.15 bits per heavy atom. The van der Waals surface area contributed by atoms with Crippen LogP contribution in [0.2, 0.25) is 0 Å². The highest BCUT2D eigenvalue weighted by molar-refractivity contribution is 5.69. The molecule has 0 saturated carbocycles. The third kappa shape index (κ3) is 1.48. The summed E-state index contributed by atoms with van der Waals surface area (Å²) in [7, 11) is 0. The van der Waals surface area contributed by atoms with Crippen LogP contribution >= 0.6 is 0 Å². The van der Waals surface area contributed by atoms with Crippen LogP contribution in [0.15, 0.2) is 36.4 Å². The van der Waals surface area contributed by atoms with Gasteiger partial charge in [-0.1, -0.05) is 30.3 Å². The first-order valence-corrected chi connectivity index (χ1v) is 4.34. The molecule has 0 unspecified atom stereocenters. The SMILES string of the molecule is Cc1cc([NH3+])c(-c2ccccc2)[nH]1. The summed E-state index contributed by atoms with van der Waals surface area (Å²) in [5, 5.41) is 0. The molecular formula is C11H13N2+. The summed E-state index contributed by atoms with van der Waals surface area (Å²) in [5.74, 6) is 0. The highest BCUT2D eigenvalue weighted by atomic mass is 14.8. The van der Waals surface area contributed by atoms with Crippen LogP contribution in [0.1, 0.15) is 5.69 Å². The summed E-state index contributed by atoms with van der Waals surface area (Å²) in [4.78, 5) is 3.30. The molecule has 0 aliphatic heterocycles. The summed E-state index contributed by atoms with van der Waals surface area (Å²) < 4.78 is 0. The van der Waals surface area contributed by atoms with E-state index in [1.165, 1.54) is 5.56 Å². The van der Waals surface area contributed by atoms with Crippen LogP contribution in [0.25, 0.3) is 11.3 Å². The molecule has 2 aromatic rings. The lowest BCUT2D eigenvalue weighted by atomic mass is 10.1. The molecule has 0 spiro atoms. The molecule has 0 radical (unpaired) electrons. The molecule has 0 aliphatic carbocycles. The van der Waals surface area contributed by atoms with E-state index in [0.29, 0.717) is 0 Å². The Labute approximate surface area is 77.4 Å². The zero-order valence-electron chi connectivity index (χ0n) is 7.67. The standard InChI is InChI=1S/C11H12N2/c1-8-7-10(12)11(13-8)9-5-3-2-4-6-9/h2-7,13H,12H2,1H3/p+1. The van der Waals surface area contributed by atoms with Crippen molar-refractivity contribution in [2.24, 2.45) is 0 Å². The number of hydrogen-bond acceptors (Lipinski definition) is 0. The van der Waals surface area contributed by atoms with E-state index >= 15 is 0 Å². The van der Waals surface area contributed by atoms with Crippen LogP contribution in [-0.2, 0) is 0 Å². The second-order valence-corrected chi connectivity index (χ2v) is 3.22. The van der Waals surface area contributed by atoms with Gasteiger partial charge in [-0.2, -0.15) is 0 Å². The first-order valence-electron chi connectivity index (χ1n) is 4.34. The zero-order valence-corrected chi connectivity index (χ0v) is 7.67. The summed E-state index contributed by atoms with van der Waals surface area (Å²) in [6, 6.07) is 12.3. The van der Waals surface area contributed by atoms with Crippen molar-refractivity contribution in [3.05, 3.63) is 42.1 Å². The van der Waals surface area contributed by atoms with Crippen molar-refractivity contribution in [1.29, 1.82) is 0 Å². The largest absolute Gasteiger partial charge is 0.354 e. The van der Waals surface area contributed by atoms with Gasteiger partial charge in [-0.05, 0) is 6.92 Å². The van der Waals surface area contributed by atoms with Crippen LogP contribution in [0.5, 0.6) is 0 Å². The van der Waals surface area contributed by atoms with Gasteiger partial charge in [-0.25, -0.2) is 0 Å². The second kappa shape index (κ2) is 3.07. The fourth-order valence-corrected chi connectivity index (χ4v) is 1.51. The fourth-order valence-electron chi connectivity index (χ4n) is 1.51. The molecular weight excluding hydrogens is 160 g/mol. The number of H-pyrrole nitrogens is 1. The Kier molecular flexibility index (Phi) is 1.91. The molecule has 0 atom stereocenters. The molecule has 2 heteroatoms. The quantitative estimate of drug-likeness (QED) is 0.661. The highest BCUT2D eigenvalue weighted by Crippen LogP contribution is 2.23. The van der Waals surface area contributed by atoms with Gasteiger partial charge in [0.1, 0.15) is 5.69 Å². The highest BCUT2D eigenvalue weighted by Gasteiger charge is 2.06. The van der Waals surface area contributed by atoms with Gasteiger partial charge in [0.15, 0.2) is 5.69 Å². The van der Waals surface area contributed by atoms with Crippen LogP contribution in [0.4, 0.5) is 5.69 Å². The van der Waals surface area contributed by atoms with Gasteiger partial charge in [0.25, 0.3) is 0 Å². The lowest BCUT2D eigenvalue weighted by Gasteiger charge is -1.96. The van der Waals surface area contributed by atoms with Gasteiger partial charge in [0.2, 0.25) is 0 Å². The maximum Gasteiger partial charge on any atom is 0.154 e. The van der Waals surface area contributed by atoms with E-state index in [2.05, 4.69) is 28.9 Å². The van der Waals surface area contributed by atoms with E-state index < -0.39 is 0 Å². The Hall–Kier alpha value is -1.54. The molecule has 2 rings (SSSR count). The smallest absolute Gasteiger partial charge is 0.154 e. The third-order valence-electron chi connectivity index (χ3n) is 2.10. The number of aromatic amines is 1. The number of aryl methyl sites for hydroxylation is 1. The minimum absolute atomic E-state index is 1.06. The Morgan fingerprint density at radius 2 is 1.85 bits per heavy atom. The van der Waals surface area contributed by atoms with Gasteiger partial charge < -0.3 is 10.7 Å². The van der Waals surface area contributed by atoms with E-state index in [0.717, 1.165) is 17.1 Å². The second-order valence-electron chi connectivity index (χ2n) is 3.22. The zero-order chi connectivity index (χ0) is 9.26. The molecule has 13 heavy (non-hydrogen) atoms. The molecule has 1 aromatic carbocycles. The molecule has 1 heterocycles. The predicted octanol–water partition coefficient (Wildman–Crippen LogP) is 1.86. The van der Waals surface area contributed by atoms with Crippen LogP contribution in [0, 0.1) is 6.92 Å². The van der Waals surface area contributed by atoms with E-state index in [9.17, 15) is 0 Å². The molecule has 0 saturated heterocycles. The van der Waals surface area contributed by atoms with Crippen LogP contribution in [0.3, 0.4) is 0 Å². The molecule has 0 amide bonds. The first-order chi connectivity index (χ1) is 6.27. The maximum atomic E-state index is 3.99. The molecule has 1 aromatic heterocycles. The van der Waals surface area contributed by atoms with Crippen molar-refractivity contribution in [1.82, 2.24) is 4.98 Å². The Bertz CT molecular complexity index is 401. The van der Waals surface area contributed by atoms with Crippen LogP contribution < -0.4 is 5.73 Å². The van der Waals surface area contributed by atoms with E-state index in [-0.39, 0.29) is 0 Å². The number of hydrogen-bond donors (Lipinski definition) is 2. The molecule has 0 fully saturated rings. The topological polar surface area (TPSA) is 43.4 Å². The van der Waals surface area contributed by atoms with Crippen molar-refractivity contribution in [2.75, 3.05) is 0 Å². The van der Waals surface area contributed by atoms with Gasteiger partial charge in [0, 0.05) is 17.3 Å². The number of quaternary nitrogens is 1. The van der Waals surface area contributed by atoms with Gasteiger partial charge in [0.05, 0.1) is 0 Å². The van der Waals surface area contributed by atoms with Gasteiger partial charge >= 0.3 is 0 Å².